The van der Waals surface area contributed by atoms with Crippen LogP contribution in [-0.2, 0) is 5.75 Å². The summed E-state index contributed by atoms with van der Waals surface area (Å²) in [4.78, 5) is 14.5. The van der Waals surface area contributed by atoms with Crippen LogP contribution in [-0.4, -0.2) is 16.1 Å². The second kappa shape index (κ2) is 5.27. The summed E-state index contributed by atoms with van der Waals surface area (Å²) < 4.78 is 5.08. The molecule has 0 saturated heterocycles. The summed E-state index contributed by atoms with van der Waals surface area (Å²) in [6.07, 6.45) is 1.16. The monoisotopic (exact) mass is 263 g/mol. The Morgan fingerprint density at radius 3 is 2.56 bits per heavy atom. The van der Waals surface area contributed by atoms with Crippen LogP contribution in [0.3, 0.4) is 0 Å². The Morgan fingerprint density at radius 2 is 2.00 bits per heavy atom. The number of rotatable bonds is 4. The van der Waals surface area contributed by atoms with Crippen molar-refractivity contribution in [2.45, 2.75) is 24.8 Å². The van der Waals surface area contributed by atoms with Crippen molar-refractivity contribution in [3.8, 4) is 0 Å². The number of aromatic nitrogens is 1. The van der Waals surface area contributed by atoms with E-state index in [-0.39, 0.29) is 5.69 Å². The molecular formula is C13H13NO3S. The van der Waals surface area contributed by atoms with Gasteiger partial charge in [-0.25, -0.2) is 4.79 Å². The van der Waals surface area contributed by atoms with E-state index in [4.69, 9.17) is 9.52 Å². The van der Waals surface area contributed by atoms with E-state index < -0.39 is 5.97 Å². The molecule has 0 aliphatic rings. The van der Waals surface area contributed by atoms with Gasteiger partial charge in [-0.2, -0.15) is 4.98 Å². The Balaban J connectivity index is 2.04. The number of aryl methyl sites for hydroxylation is 2. The lowest BCUT2D eigenvalue weighted by Crippen LogP contribution is -1.95. The van der Waals surface area contributed by atoms with E-state index in [0.717, 1.165) is 6.26 Å². The lowest BCUT2D eigenvalue weighted by atomic mass is 10.1. The van der Waals surface area contributed by atoms with Crippen LogP contribution in [0.15, 0.2) is 34.1 Å². The highest BCUT2D eigenvalue weighted by molar-refractivity contribution is 7.98. The zero-order valence-corrected chi connectivity index (χ0v) is 11.0. The van der Waals surface area contributed by atoms with Gasteiger partial charge in [0, 0.05) is 5.75 Å². The second-order valence-electron chi connectivity index (χ2n) is 4.09. The van der Waals surface area contributed by atoms with E-state index in [9.17, 15) is 4.79 Å². The molecule has 1 heterocycles. The summed E-state index contributed by atoms with van der Waals surface area (Å²) in [5.74, 6) is -0.362. The van der Waals surface area contributed by atoms with Gasteiger partial charge in [-0.3, -0.25) is 0 Å². The van der Waals surface area contributed by atoms with Gasteiger partial charge in [0.25, 0.3) is 5.22 Å². The van der Waals surface area contributed by atoms with E-state index in [1.54, 1.807) is 0 Å². The lowest BCUT2D eigenvalue weighted by molar-refractivity contribution is 0.0690. The van der Waals surface area contributed by atoms with Crippen LogP contribution in [0, 0.1) is 13.8 Å². The molecule has 0 unspecified atom stereocenters. The maximum Gasteiger partial charge on any atom is 0.357 e. The first kappa shape index (κ1) is 12.7. The molecule has 1 aromatic heterocycles. The van der Waals surface area contributed by atoms with Gasteiger partial charge < -0.3 is 9.52 Å². The van der Waals surface area contributed by atoms with Crippen LogP contribution in [0.1, 0.15) is 27.2 Å². The molecule has 2 rings (SSSR count). The number of nitrogens with zero attached hydrogens (tertiary/aromatic N) is 1. The molecule has 94 valence electrons. The van der Waals surface area contributed by atoms with Crippen LogP contribution in [0.2, 0.25) is 0 Å². The number of oxazole rings is 1. The van der Waals surface area contributed by atoms with Gasteiger partial charge in [0.15, 0.2) is 5.69 Å². The summed E-state index contributed by atoms with van der Waals surface area (Å²) in [6, 6.07) is 6.31. The zero-order valence-electron chi connectivity index (χ0n) is 10.1. The third kappa shape index (κ3) is 3.13. The number of carboxylic acid groups (broad SMARTS) is 1. The van der Waals surface area contributed by atoms with Gasteiger partial charge in [0.1, 0.15) is 6.26 Å². The van der Waals surface area contributed by atoms with Crippen molar-refractivity contribution in [2.75, 3.05) is 0 Å². The predicted octanol–water partition coefficient (Wildman–Crippen LogP) is 3.28. The van der Waals surface area contributed by atoms with E-state index in [1.165, 1.54) is 28.5 Å². The van der Waals surface area contributed by atoms with E-state index in [0.29, 0.717) is 11.0 Å². The highest BCUT2D eigenvalue weighted by atomic mass is 32.2. The number of benzene rings is 1. The highest BCUT2D eigenvalue weighted by Crippen LogP contribution is 2.23. The van der Waals surface area contributed by atoms with Crippen molar-refractivity contribution in [1.29, 1.82) is 0 Å². The molecule has 0 atom stereocenters. The lowest BCUT2D eigenvalue weighted by Gasteiger charge is -2.02. The largest absolute Gasteiger partial charge is 0.476 e. The molecule has 0 amide bonds. The van der Waals surface area contributed by atoms with E-state index >= 15 is 0 Å². The predicted molar refractivity (Wildman–Crippen MR) is 68.9 cm³/mol. The van der Waals surface area contributed by atoms with Gasteiger partial charge in [-0.1, -0.05) is 41.1 Å². The quantitative estimate of drug-likeness (QED) is 0.857. The molecule has 2 aromatic rings. The maximum absolute atomic E-state index is 10.6. The molecule has 4 nitrogen and oxygen atoms in total. The normalized spacial score (nSPS) is 10.6. The van der Waals surface area contributed by atoms with Gasteiger partial charge in [-0.05, 0) is 19.4 Å². The van der Waals surface area contributed by atoms with E-state index in [1.807, 2.05) is 0 Å². The minimum Gasteiger partial charge on any atom is -0.476 e. The molecule has 0 fully saturated rings. The summed E-state index contributed by atoms with van der Waals surface area (Å²) in [7, 11) is 0. The average Bonchev–Trinajstić information content (AvgIpc) is 2.73. The first-order valence-electron chi connectivity index (χ1n) is 5.43. The Bertz CT molecular complexity index is 557. The number of carbonyl (C=O) groups is 1. The summed E-state index contributed by atoms with van der Waals surface area (Å²) in [5.41, 5.74) is 3.54. The molecule has 18 heavy (non-hydrogen) atoms. The van der Waals surface area contributed by atoms with Crippen LogP contribution in [0.5, 0.6) is 0 Å². The van der Waals surface area contributed by atoms with E-state index in [2.05, 4.69) is 37.0 Å². The summed E-state index contributed by atoms with van der Waals surface area (Å²) in [6.45, 7) is 4.10. The van der Waals surface area contributed by atoms with Crippen LogP contribution in [0.4, 0.5) is 0 Å². The Hall–Kier alpha value is -1.75. The summed E-state index contributed by atoms with van der Waals surface area (Å²) in [5, 5.41) is 9.11. The minimum absolute atomic E-state index is 0.0575. The Labute approximate surface area is 109 Å². The van der Waals surface area contributed by atoms with Crippen LogP contribution < -0.4 is 0 Å². The molecule has 1 aromatic carbocycles. The number of aromatic carboxylic acids is 1. The third-order valence-electron chi connectivity index (χ3n) is 2.35. The maximum atomic E-state index is 10.6. The molecule has 0 aliphatic heterocycles. The van der Waals surface area contributed by atoms with Gasteiger partial charge >= 0.3 is 5.97 Å². The van der Waals surface area contributed by atoms with Crippen molar-refractivity contribution < 1.29 is 14.3 Å². The number of carboxylic acids is 1. The fourth-order valence-corrected chi connectivity index (χ4v) is 2.46. The minimum atomic E-state index is -1.07. The van der Waals surface area contributed by atoms with Crippen molar-refractivity contribution in [3.05, 3.63) is 46.8 Å². The molecule has 0 spiro atoms. The molecule has 0 radical (unpaired) electrons. The highest BCUT2D eigenvalue weighted by Gasteiger charge is 2.10. The zero-order chi connectivity index (χ0) is 13.1. The number of thioether (sulfide) groups is 1. The summed E-state index contributed by atoms with van der Waals surface area (Å²) >= 11 is 1.39. The van der Waals surface area contributed by atoms with Crippen molar-refractivity contribution in [2.24, 2.45) is 0 Å². The van der Waals surface area contributed by atoms with Crippen molar-refractivity contribution in [1.82, 2.24) is 4.98 Å². The first-order valence-corrected chi connectivity index (χ1v) is 6.42. The van der Waals surface area contributed by atoms with Crippen LogP contribution >= 0.6 is 11.8 Å². The fourth-order valence-electron chi connectivity index (χ4n) is 1.72. The van der Waals surface area contributed by atoms with Gasteiger partial charge in [-0.15, -0.1) is 0 Å². The van der Waals surface area contributed by atoms with Gasteiger partial charge in [0.05, 0.1) is 0 Å². The standard InChI is InChI=1S/C13H13NO3S/c1-8-3-9(2)5-10(4-8)7-18-13-14-11(6-17-13)12(15)16/h3-6H,7H2,1-2H3,(H,15,16). The molecule has 0 saturated carbocycles. The number of hydrogen-bond acceptors (Lipinski definition) is 4. The van der Waals surface area contributed by atoms with Crippen molar-refractivity contribution >= 4 is 17.7 Å². The molecular weight excluding hydrogens is 250 g/mol. The fraction of sp³-hybridized carbons (Fsp3) is 0.231. The van der Waals surface area contributed by atoms with Gasteiger partial charge in [0.2, 0.25) is 0 Å². The second-order valence-corrected chi connectivity index (χ2v) is 5.02. The Morgan fingerprint density at radius 1 is 1.33 bits per heavy atom. The third-order valence-corrected chi connectivity index (χ3v) is 3.26. The molecule has 1 N–H and O–H groups in total. The smallest absolute Gasteiger partial charge is 0.357 e. The Kier molecular flexibility index (Phi) is 3.72. The van der Waals surface area contributed by atoms with Crippen molar-refractivity contribution in [3.63, 3.8) is 0 Å². The SMILES string of the molecule is Cc1cc(C)cc(CSc2nc(C(=O)O)co2)c1. The molecule has 0 bridgehead atoms. The molecule has 0 aliphatic carbocycles. The average molecular weight is 263 g/mol. The number of hydrogen-bond donors (Lipinski definition) is 1. The first-order chi connectivity index (χ1) is 8.54. The molecule has 5 heteroatoms. The van der Waals surface area contributed by atoms with Crippen LogP contribution in [0.25, 0.3) is 0 Å². The topological polar surface area (TPSA) is 63.3 Å².